The van der Waals surface area contributed by atoms with Crippen molar-refractivity contribution in [1.29, 1.82) is 0 Å². The van der Waals surface area contributed by atoms with Gasteiger partial charge in [0.15, 0.2) is 6.61 Å². The summed E-state index contributed by atoms with van der Waals surface area (Å²) in [5, 5.41) is 3.53. The average Bonchev–Trinajstić information content (AvgIpc) is 3.02. The number of aromatic amines is 1. The van der Waals surface area contributed by atoms with Crippen molar-refractivity contribution in [2.45, 2.75) is 12.8 Å². The van der Waals surface area contributed by atoms with Gasteiger partial charge in [0, 0.05) is 23.2 Å². The highest BCUT2D eigenvalue weighted by atomic mass is 19.3. The Morgan fingerprint density at radius 3 is 2.92 bits per heavy atom. The molecule has 0 aliphatic carbocycles. The van der Waals surface area contributed by atoms with Crippen LogP contribution in [0.2, 0.25) is 0 Å². The van der Waals surface area contributed by atoms with Crippen molar-refractivity contribution >= 4 is 22.6 Å². The predicted molar refractivity (Wildman–Crippen MR) is 92.9 cm³/mol. The Bertz CT molecular complexity index is 912. The van der Waals surface area contributed by atoms with Gasteiger partial charge in [0.2, 0.25) is 11.8 Å². The molecule has 0 bridgehead atoms. The fraction of sp³-hybridized carbons (Fsp3) is 0.222. The molecule has 0 saturated carbocycles. The maximum Gasteiger partial charge on any atom is 0.272 e. The van der Waals surface area contributed by atoms with Gasteiger partial charge in [0.05, 0.1) is 13.5 Å². The van der Waals surface area contributed by atoms with Crippen LogP contribution >= 0.6 is 0 Å². The molecule has 1 amide bonds. The van der Waals surface area contributed by atoms with Crippen LogP contribution in [-0.2, 0) is 11.2 Å². The van der Waals surface area contributed by atoms with Crippen LogP contribution in [-0.4, -0.2) is 36.0 Å². The standard InChI is InChI=1S/C18H17F2N3O3/c1-25-12-5-6-14-13(8-12)11(9-21-14)7-17(24)22-16-3-2-4-18(23-16)26-10-15(19)20/h2-6,8-9,15,21H,7,10H2,1H3,(H,22,23,24). The van der Waals surface area contributed by atoms with Crippen molar-refractivity contribution in [3.8, 4) is 11.6 Å². The second kappa shape index (κ2) is 7.81. The molecule has 6 nitrogen and oxygen atoms in total. The van der Waals surface area contributed by atoms with E-state index in [0.29, 0.717) is 5.75 Å². The Balaban J connectivity index is 1.68. The molecule has 136 valence electrons. The lowest BCUT2D eigenvalue weighted by atomic mass is 10.1. The molecule has 0 fully saturated rings. The normalized spacial score (nSPS) is 10.9. The zero-order chi connectivity index (χ0) is 18.5. The Morgan fingerprint density at radius 2 is 2.15 bits per heavy atom. The Hall–Kier alpha value is -3.16. The summed E-state index contributed by atoms with van der Waals surface area (Å²) in [5.74, 6) is 0.677. The molecule has 1 aromatic carbocycles. The Kier molecular flexibility index (Phi) is 5.31. The number of fused-ring (bicyclic) bond motifs is 1. The minimum atomic E-state index is -2.59. The number of rotatable bonds is 7. The molecule has 0 aliphatic rings. The molecule has 3 rings (SSSR count). The number of methoxy groups -OCH3 is 1. The zero-order valence-corrected chi connectivity index (χ0v) is 14.0. The van der Waals surface area contributed by atoms with E-state index in [1.165, 1.54) is 6.07 Å². The highest BCUT2D eigenvalue weighted by Gasteiger charge is 2.11. The predicted octanol–water partition coefficient (Wildman–Crippen LogP) is 3.40. The molecule has 0 spiro atoms. The number of ether oxygens (including phenoxy) is 2. The molecule has 0 atom stereocenters. The van der Waals surface area contributed by atoms with Crippen molar-refractivity contribution in [2.24, 2.45) is 0 Å². The van der Waals surface area contributed by atoms with Crippen LogP contribution in [0, 0.1) is 0 Å². The Labute approximate surface area is 148 Å². The average molecular weight is 361 g/mol. The number of carbonyl (C=O) groups excluding carboxylic acids is 1. The van der Waals surface area contributed by atoms with Crippen LogP contribution < -0.4 is 14.8 Å². The van der Waals surface area contributed by atoms with Gasteiger partial charge in [-0.3, -0.25) is 4.79 Å². The first-order valence-corrected chi connectivity index (χ1v) is 7.87. The largest absolute Gasteiger partial charge is 0.497 e. The molecule has 3 aromatic rings. The third-order valence-corrected chi connectivity index (χ3v) is 3.67. The second-order valence-electron chi connectivity index (χ2n) is 5.51. The third-order valence-electron chi connectivity index (χ3n) is 3.67. The molecule has 0 saturated heterocycles. The van der Waals surface area contributed by atoms with E-state index >= 15 is 0 Å². The minimum absolute atomic E-state index is 0.0277. The third kappa shape index (κ3) is 4.27. The highest BCUT2D eigenvalue weighted by Crippen LogP contribution is 2.24. The summed E-state index contributed by atoms with van der Waals surface area (Å²) in [7, 11) is 1.58. The molecule has 0 aliphatic heterocycles. The zero-order valence-electron chi connectivity index (χ0n) is 14.0. The van der Waals surface area contributed by atoms with Crippen molar-refractivity contribution < 1.29 is 23.0 Å². The van der Waals surface area contributed by atoms with Gasteiger partial charge in [-0.1, -0.05) is 6.07 Å². The van der Waals surface area contributed by atoms with E-state index in [9.17, 15) is 13.6 Å². The maximum atomic E-state index is 12.3. The topological polar surface area (TPSA) is 76.2 Å². The SMILES string of the molecule is COc1ccc2[nH]cc(CC(=O)Nc3cccc(OCC(F)F)n3)c2c1. The number of alkyl halides is 2. The summed E-state index contributed by atoms with van der Waals surface area (Å²) in [6.07, 6.45) is -0.704. The van der Waals surface area contributed by atoms with Crippen molar-refractivity contribution in [1.82, 2.24) is 9.97 Å². The molecule has 8 heteroatoms. The molecule has 0 radical (unpaired) electrons. The van der Waals surface area contributed by atoms with Crippen molar-refractivity contribution in [2.75, 3.05) is 19.0 Å². The monoisotopic (exact) mass is 361 g/mol. The van der Waals surface area contributed by atoms with Crippen LogP contribution in [0.25, 0.3) is 10.9 Å². The molecular formula is C18H17F2N3O3. The number of benzene rings is 1. The number of halogens is 2. The first kappa shape index (κ1) is 17.7. The molecule has 0 unspecified atom stereocenters. The smallest absolute Gasteiger partial charge is 0.272 e. The number of amides is 1. The lowest BCUT2D eigenvalue weighted by Gasteiger charge is -2.08. The fourth-order valence-electron chi connectivity index (χ4n) is 2.50. The lowest BCUT2D eigenvalue weighted by Crippen LogP contribution is -2.15. The van der Waals surface area contributed by atoms with Gasteiger partial charge >= 0.3 is 0 Å². The highest BCUT2D eigenvalue weighted by molar-refractivity contribution is 5.95. The molecule has 2 N–H and O–H groups in total. The van der Waals surface area contributed by atoms with Gasteiger partial charge in [-0.05, 0) is 29.8 Å². The van der Waals surface area contributed by atoms with E-state index in [-0.39, 0.29) is 24.0 Å². The van der Waals surface area contributed by atoms with Crippen LogP contribution in [0.5, 0.6) is 11.6 Å². The van der Waals surface area contributed by atoms with E-state index in [0.717, 1.165) is 16.5 Å². The number of H-pyrrole nitrogens is 1. The van der Waals surface area contributed by atoms with E-state index in [2.05, 4.69) is 15.3 Å². The van der Waals surface area contributed by atoms with Gasteiger partial charge in [0.1, 0.15) is 11.6 Å². The van der Waals surface area contributed by atoms with Crippen LogP contribution in [0.15, 0.2) is 42.6 Å². The number of pyridine rings is 1. The molecular weight excluding hydrogens is 344 g/mol. The van der Waals surface area contributed by atoms with Gasteiger partial charge < -0.3 is 19.8 Å². The summed E-state index contributed by atoms with van der Waals surface area (Å²) in [5.41, 5.74) is 1.70. The number of nitrogens with zero attached hydrogens (tertiary/aromatic N) is 1. The van der Waals surface area contributed by atoms with E-state index in [1.807, 2.05) is 18.2 Å². The minimum Gasteiger partial charge on any atom is -0.497 e. The first-order valence-electron chi connectivity index (χ1n) is 7.87. The number of hydrogen-bond acceptors (Lipinski definition) is 4. The number of nitrogens with one attached hydrogen (secondary N) is 2. The lowest BCUT2D eigenvalue weighted by molar-refractivity contribution is -0.115. The van der Waals surface area contributed by atoms with Crippen molar-refractivity contribution in [3.05, 3.63) is 48.2 Å². The quantitative estimate of drug-likeness (QED) is 0.676. The van der Waals surface area contributed by atoms with Crippen LogP contribution in [0.1, 0.15) is 5.56 Å². The molecule has 26 heavy (non-hydrogen) atoms. The van der Waals surface area contributed by atoms with Gasteiger partial charge in [0.25, 0.3) is 6.43 Å². The summed E-state index contributed by atoms with van der Waals surface area (Å²) >= 11 is 0. The number of anilines is 1. The van der Waals surface area contributed by atoms with Gasteiger partial charge in [-0.25, -0.2) is 8.78 Å². The number of aromatic nitrogens is 2. The summed E-state index contributed by atoms with van der Waals surface area (Å²) in [6.45, 7) is -0.748. The van der Waals surface area contributed by atoms with E-state index < -0.39 is 13.0 Å². The van der Waals surface area contributed by atoms with Crippen LogP contribution in [0.4, 0.5) is 14.6 Å². The fourth-order valence-corrected chi connectivity index (χ4v) is 2.50. The maximum absolute atomic E-state index is 12.3. The second-order valence-corrected chi connectivity index (χ2v) is 5.51. The van der Waals surface area contributed by atoms with Crippen molar-refractivity contribution in [3.63, 3.8) is 0 Å². The summed E-state index contributed by atoms with van der Waals surface area (Å²) < 4.78 is 34.4. The molecule has 2 heterocycles. The van der Waals surface area contributed by atoms with Gasteiger partial charge in [-0.2, -0.15) is 4.98 Å². The summed E-state index contributed by atoms with van der Waals surface area (Å²) in [6, 6.07) is 10.1. The number of carbonyl (C=O) groups is 1. The van der Waals surface area contributed by atoms with Crippen LogP contribution in [0.3, 0.4) is 0 Å². The Morgan fingerprint density at radius 1 is 1.31 bits per heavy atom. The molecule has 2 aromatic heterocycles. The summed E-state index contributed by atoms with van der Waals surface area (Å²) in [4.78, 5) is 19.4. The number of hydrogen-bond donors (Lipinski definition) is 2. The van der Waals surface area contributed by atoms with Gasteiger partial charge in [-0.15, -0.1) is 0 Å². The van der Waals surface area contributed by atoms with E-state index in [1.54, 1.807) is 25.4 Å². The van der Waals surface area contributed by atoms with E-state index in [4.69, 9.17) is 9.47 Å². The first-order chi connectivity index (χ1) is 12.5.